The standard InChI is InChI=1S/C24H37N5O3/c1-17-26-22(32-27-17)20-13-24(9-11-28(12-10-24)23(31)19-7-8-19)16-29(20)15-21(30)25-14-18-5-3-2-4-6-18/h18-20H,2-16H2,1H3,(H,25,30). The lowest BCUT2D eigenvalue weighted by Crippen LogP contribution is -2.45. The molecule has 3 heterocycles. The summed E-state index contributed by atoms with van der Waals surface area (Å²) in [6.45, 7) is 5.49. The Morgan fingerprint density at radius 3 is 2.53 bits per heavy atom. The highest BCUT2D eigenvalue weighted by atomic mass is 16.5. The Morgan fingerprint density at radius 1 is 1.12 bits per heavy atom. The van der Waals surface area contributed by atoms with Gasteiger partial charge in [0.05, 0.1) is 12.6 Å². The predicted octanol–water partition coefficient (Wildman–Crippen LogP) is 2.84. The van der Waals surface area contributed by atoms with E-state index in [0.29, 0.717) is 30.1 Å². The van der Waals surface area contributed by atoms with Gasteiger partial charge in [-0.05, 0) is 63.2 Å². The molecule has 2 aliphatic heterocycles. The average molecular weight is 444 g/mol. The first-order valence-corrected chi connectivity index (χ1v) is 12.6. The van der Waals surface area contributed by atoms with Crippen LogP contribution in [0.15, 0.2) is 4.52 Å². The third kappa shape index (κ3) is 4.85. The van der Waals surface area contributed by atoms with Gasteiger partial charge in [0.15, 0.2) is 5.82 Å². The van der Waals surface area contributed by atoms with Crippen molar-refractivity contribution in [3.05, 3.63) is 11.7 Å². The van der Waals surface area contributed by atoms with Crippen LogP contribution < -0.4 is 5.32 Å². The van der Waals surface area contributed by atoms with Crippen molar-refractivity contribution in [1.29, 1.82) is 0 Å². The average Bonchev–Trinajstić information content (AvgIpc) is 3.48. The lowest BCUT2D eigenvalue weighted by Gasteiger charge is -2.39. The molecule has 2 saturated carbocycles. The van der Waals surface area contributed by atoms with Crippen molar-refractivity contribution in [1.82, 2.24) is 25.3 Å². The van der Waals surface area contributed by atoms with Gasteiger partial charge in [-0.15, -0.1) is 0 Å². The molecule has 4 fully saturated rings. The van der Waals surface area contributed by atoms with Crippen LogP contribution in [0, 0.1) is 24.2 Å². The molecule has 4 aliphatic rings. The molecule has 0 aromatic carbocycles. The van der Waals surface area contributed by atoms with E-state index in [1.807, 2.05) is 6.92 Å². The zero-order valence-electron chi connectivity index (χ0n) is 19.4. The molecule has 1 spiro atoms. The molecule has 0 radical (unpaired) electrons. The van der Waals surface area contributed by atoms with E-state index in [0.717, 1.165) is 58.3 Å². The Bertz CT molecular complexity index is 821. The van der Waals surface area contributed by atoms with Crippen LogP contribution in [-0.2, 0) is 9.59 Å². The summed E-state index contributed by atoms with van der Waals surface area (Å²) < 4.78 is 5.55. The molecule has 176 valence electrons. The Hall–Kier alpha value is -1.96. The molecule has 2 aliphatic carbocycles. The van der Waals surface area contributed by atoms with Crippen LogP contribution in [0.5, 0.6) is 0 Å². The molecular weight excluding hydrogens is 406 g/mol. The third-order valence-electron chi connectivity index (χ3n) is 8.16. The highest BCUT2D eigenvalue weighted by Gasteiger charge is 2.49. The second-order valence-electron chi connectivity index (χ2n) is 10.7. The number of aromatic nitrogens is 2. The Balaban J connectivity index is 1.22. The van der Waals surface area contributed by atoms with Crippen LogP contribution in [0.25, 0.3) is 0 Å². The van der Waals surface area contributed by atoms with Crippen molar-refractivity contribution >= 4 is 11.8 Å². The fourth-order valence-corrected chi connectivity index (χ4v) is 6.04. The lowest BCUT2D eigenvalue weighted by atomic mass is 9.76. The van der Waals surface area contributed by atoms with E-state index in [9.17, 15) is 9.59 Å². The van der Waals surface area contributed by atoms with E-state index >= 15 is 0 Å². The van der Waals surface area contributed by atoms with Gasteiger partial charge in [-0.1, -0.05) is 24.4 Å². The van der Waals surface area contributed by atoms with Crippen LogP contribution in [0.2, 0.25) is 0 Å². The maximum absolute atomic E-state index is 12.8. The van der Waals surface area contributed by atoms with Gasteiger partial charge >= 0.3 is 0 Å². The number of amides is 2. The van der Waals surface area contributed by atoms with E-state index in [1.165, 1.54) is 32.1 Å². The quantitative estimate of drug-likeness (QED) is 0.727. The monoisotopic (exact) mass is 443 g/mol. The number of aryl methyl sites for hydroxylation is 1. The smallest absolute Gasteiger partial charge is 0.244 e. The number of piperidine rings is 1. The molecule has 0 bridgehead atoms. The van der Waals surface area contributed by atoms with Crippen molar-refractivity contribution in [2.75, 3.05) is 32.7 Å². The summed E-state index contributed by atoms with van der Waals surface area (Å²) in [7, 11) is 0. The van der Waals surface area contributed by atoms with Crippen LogP contribution in [0.3, 0.4) is 0 Å². The zero-order valence-corrected chi connectivity index (χ0v) is 19.4. The van der Waals surface area contributed by atoms with E-state index in [1.54, 1.807) is 0 Å². The summed E-state index contributed by atoms with van der Waals surface area (Å²) in [6.07, 6.45) is 11.4. The molecular formula is C24H37N5O3. The number of carbonyl (C=O) groups is 2. The van der Waals surface area contributed by atoms with E-state index in [4.69, 9.17) is 4.52 Å². The number of carbonyl (C=O) groups excluding carboxylic acids is 2. The highest BCUT2D eigenvalue weighted by molar-refractivity contribution is 5.81. The highest BCUT2D eigenvalue weighted by Crippen LogP contribution is 2.49. The zero-order chi connectivity index (χ0) is 22.1. The second kappa shape index (κ2) is 9.12. The SMILES string of the molecule is Cc1noc(C2CC3(CCN(C(=O)C4CC4)CC3)CN2CC(=O)NCC2CCCCC2)n1. The Morgan fingerprint density at radius 2 is 1.88 bits per heavy atom. The fraction of sp³-hybridized carbons (Fsp3) is 0.833. The molecule has 1 aromatic heterocycles. The molecule has 1 N–H and O–H groups in total. The van der Waals surface area contributed by atoms with Gasteiger partial charge in [0.25, 0.3) is 0 Å². The van der Waals surface area contributed by atoms with Crippen molar-refractivity contribution in [3.63, 3.8) is 0 Å². The minimum Gasteiger partial charge on any atom is -0.355 e. The maximum atomic E-state index is 12.8. The largest absolute Gasteiger partial charge is 0.355 e. The van der Waals surface area contributed by atoms with Gasteiger partial charge in [0.1, 0.15) is 0 Å². The minimum atomic E-state index is -0.0256. The van der Waals surface area contributed by atoms with Gasteiger partial charge in [-0.25, -0.2) is 0 Å². The minimum absolute atomic E-state index is 0.0256. The fourth-order valence-electron chi connectivity index (χ4n) is 6.04. The molecule has 8 nitrogen and oxygen atoms in total. The summed E-state index contributed by atoms with van der Waals surface area (Å²) in [5.74, 6) is 2.60. The van der Waals surface area contributed by atoms with Crippen molar-refractivity contribution in [2.24, 2.45) is 17.3 Å². The molecule has 1 aromatic rings. The van der Waals surface area contributed by atoms with Gasteiger partial charge in [-0.2, -0.15) is 4.98 Å². The molecule has 32 heavy (non-hydrogen) atoms. The van der Waals surface area contributed by atoms with Gasteiger partial charge < -0.3 is 14.7 Å². The van der Waals surface area contributed by atoms with Crippen LogP contribution in [-0.4, -0.2) is 64.5 Å². The van der Waals surface area contributed by atoms with Crippen LogP contribution in [0.1, 0.15) is 82.0 Å². The summed E-state index contributed by atoms with van der Waals surface area (Å²) >= 11 is 0. The summed E-state index contributed by atoms with van der Waals surface area (Å²) in [4.78, 5) is 34.1. The summed E-state index contributed by atoms with van der Waals surface area (Å²) in [6, 6.07) is -0.0256. The topological polar surface area (TPSA) is 91.6 Å². The number of hydrogen-bond acceptors (Lipinski definition) is 6. The number of hydrogen-bond donors (Lipinski definition) is 1. The van der Waals surface area contributed by atoms with Crippen molar-refractivity contribution < 1.29 is 14.1 Å². The van der Waals surface area contributed by atoms with Crippen LogP contribution in [0.4, 0.5) is 0 Å². The van der Waals surface area contributed by atoms with Gasteiger partial charge in [-0.3, -0.25) is 14.5 Å². The Labute approximate surface area is 190 Å². The van der Waals surface area contributed by atoms with Crippen molar-refractivity contribution in [3.8, 4) is 0 Å². The lowest BCUT2D eigenvalue weighted by molar-refractivity contribution is -0.134. The Kier molecular flexibility index (Phi) is 6.23. The van der Waals surface area contributed by atoms with E-state index in [2.05, 4.69) is 25.3 Å². The summed E-state index contributed by atoms with van der Waals surface area (Å²) in [5.41, 5.74) is 0.108. The molecule has 1 unspecified atom stereocenters. The first-order chi connectivity index (χ1) is 15.5. The summed E-state index contributed by atoms with van der Waals surface area (Å²) in [5, 5.41) is 7.19. The number of likely N-dealkylation sites (tertiary alicyclic amines) is 2. The number of rotatable bonds is 6. The van der Waals surface area contributed by atoms with Gasteiger partial charge in [0.2, 0.25) is 17.7 Å². The van der Waals surface area contributed by atoms with Crippen LogP contribution >= 0.6 is 0 Å². The third-order valence-corrected chi connectivity index (χ3v) is 8.16. The van der Waals surface area contributed by atoms with Crippen molar-refractivity contribution in [2.45, 2.75) is 77.2 Å². The molecule has 1 atom stereocenters. The number of nitrogens with one attached hydrogen (secondary N) is 1. The van der Waals surface area contributed by atoms with E-state index < -0.39 is 0 Å². The predicted molar refractivity (Wildman–Crippen MR) is 119 cm³/mol. The normalized spacial score (nSPS) is 26.5. The van der Waals surface area contributed by atoms with Gasteiger partial charge in [0, 0.05) is 32.1 Å². The molecule has 5 rings (SSSR count). The molecule has 2 amide bonds. The maximum Gasteiger partial charge on any atom is 0.244 e. The first-order valence-electron chi connectivity index (χ1n) is 12.6. The molecule has 2 saturated heterocycles. The second-order valence-corrected chi connectivity index (χ2v) is 10.7. The number of nitrogens with zero attached hydrogens (tertiary/aromatic N) is 4. The first kappa shape index (κ1) is 21.9. The molecule has 8 heteroatoms. The van der Waals surface area contributed by atoms with E-state index in [-0.39, 0.29) is 23.3 Å².